The molecular formula is C20H32F6O4. The van der Waals surface area contributed by atoms with E-state index in [9.17, 15) is 35.9 Å². The van der Waals surface area contributed by atoms with Gasteiger partial charge in [0.2, 0.25) is 0 Å². The zero-order valence-corrected chi connectivity index (χ0v) is 18.5. The Morgan fingerprint density at radius 1 is 0.867 bits per heavy atom. The zero-order valence-electron chi connectivity index (χ0n) is 18.5. The van der Waals surface area contributed by atoms with E-state index in [0.717, 1.165) is 0 Å². The number of alkyl halides is 6. The van der Waals surface area contributed by atoms with Gasteiger partial charge in [0.25, 0.3) is 6.10 Å². The van der Waals surface area contributed by atoms with Crippen LogP contribution in [0.4, 0.5) is 26.3 Å². The number of ether oxygens (including phenoxy) is 2. The number of rotatable bonds is 9. The van der Waals surface area contributed by atoms with E-state index in [2.05, 4.69) is 4.74 Å². The summed E-state index contributed by atoms with van der Waals surface area (Å²) in [6.07, 6.45) is -16.2. The molecule has 1 atom stereocenters. The molecule has 0 bridgehead atoms. The van der Waals surface area contributed by atoms with Crippen molar-refractivity contribution in [3.63, 3.8) is 0 Å². The first-order valence-electron chi connectivity index (χ1n) is 9.84. The van der Waals surface area contributed by atoms with Crippen LogP contribution in [-0.4, -0.2) is 36.0 Å². The summed E-state index contributed by atoms with van der Waals surface area (Å²) in [7, 11) is 0. The minimum atomic E-state index is -5.81. The number of carbonyl (C=O) groups is 2. The van der Waals surface area contributed by atoms with Crippen LogP contribution in [0.3, 0.4) is 0 Å². The van der Waals surface area contributed by atoms with Crippen LogP contribution in [0.2, 0.25) is 0 Å². The van der Waals surface area contributed by atoms with Gasteiger partial charge in [-0.15, -0.1) is 0 Å². The molecule has 0 spiro atoms. The molecule has 0 fully saturated rings. The van der Waals surface area contributed by atoms with E-state index in [1.54, 1.807) is 0 Å². The molecule has 178 valence electrons. The summed E-state index contributed by atoms with van der Waals surface area (Å²) in [6.45, 7) is 12.4. The van der Waals surface area contributed by atoms with Gasteiger partial charge >= 0.3 is 24.3 Å². The molecular weight excluding hydrogens is 418 g/mol. The maximum absolute atomic E-state index is 12.8. The Balaban J connectivity index is 5.60. The normalized spacial score (nSPS) is 14.8. The van der Waals surface area contributed by atoms with E-state index in [0.29, 0.717) is 6.42 Å². The van der Waals surface area contributed by atoms with Gasteiger partial charge in [0.1, 0.15) is 5.60 Å². The van der Waals surface area contributed by atoms with Gasteiger partial charge in [0, 0.05) is 0 Å². The van der Waals surface area contributed by atoms with Gasteiger partial charge in [-0.1, -0.05) is 48.5 Å². The van der Waals surface area contributed by atoms with Crippen LogP contribution in [-0.2, 0) is 19.1 Å². The first-order chi connectivity index (χ1) is 13.3. The molecule has 0 heterocycles. The minimum Gasteiger partial charge on any atom is -0.458 e. The van der Waals surface area contributed by atoms with Gasteiger partial charge in [-0.2, -0.15) is 26.3 Å². The molecule has 4 nitrogen and oxygen atoms in total. The molecule has 0 rings (SSSR count). The molecule has 1 unspecified atom stereocenters. The van der Waals surface area contributed by atoms with Crippen LogP contribution < -0.4 is 0 Å². The second-order valence-corrected chi connectivity index (χ2v) is 8.99. The van der Waals surface area contributed by atoms with Crippen molar-refractivity contribution >= 4 is 11.9 Å². The predicted molar refractivity (Wildman–Crippen MR) is 98.4 cm³/mol. The second-order valence-electron chi connectivity index (χ2n) is 8.99. The molecule has 30 heavy (non-hydrogen) atoms. The molecule has 0 radical (unpaired) electrons. The standard InChI is InChI=1S/C20H32F6O4/c1-8-18(9-2,30-15(28)13(10-12(3)4)17(5,6)7)11-14(27)29-16(19(21,22)23)20(24,25)26/h12-13,16H,8-11H2,1-7H3. The van der Waals surface area contributed by atoms with Crippen molar-refractivity contribution in [1.82, 2.24) is 0 Å². The van der Waals surface area contributed by atoms with E-state index < -0.39 is 53.7 Å². The number of esters is 2. The summed E-state index contributed by atoms with van der Waals surface area (Å²) in [6, 6.07) is 0. The number of halogens is 6. The van der Waals surface area contributed by atoms with E-state index in [1.807, 2.05) is 34.6 Å². The molecule has 0 saturated heterocycles. The summed E-state index contributed by atoms with van der Waals surface area (Å²) in [5, 5.41) is 0. The van der Waals surface area contributed by atoms with Crippen molar-refractivity contribution < 1.29 is 45.4 Å². The lowest BCUT2D eigenvalue weighted by Crippen LogP contribution is -2.47. The Kier molecular flexibility index (Phi) is 9.72. The Morgan fingerprint density at radius 3 is 1.60 bits per heavy atom. The van der Waals surface area contributed by atoms with Crippen molar-refractivity contribution in [2.24, 2.45) is 17.3 Å². The largest absolute Gasteiger partial charge is 0.458 e. The van der Waals surface area contributed by atoms with Gasteiger partial charge < -0.3 is 9.47 Å². The monoisotopic (exact) mass is 450 g/mol. The molecule has 0 N–H and O–H groups in total. The van der Waals surface area contributed by atoms with Crippen molar-refractivity contribution in [3.8, 4) is 0 Å². The summed E-state index contributed by atoms with van der Waals surface area (Å²) in [5.41, 5.74) is -2.05. The van der Waals surface area contributed by atoms with E-state index in [1.165, 1.54) is 13.8 Å². The number of hydrogen-bond donors (Lipinski definition) is 0. The van der Waals surface area contributed by atoms with Crippen molar-refractivity contribution in [1.29, 1.82) is 0 Å². The summed E-state index contributed by atoms with van der Waals surface area (Å²) >= 11 is 0. The van der Waals surface area contributed by atoms with E-state index >= 15 is 0 Å². The highest BCUT2D eigenvalue weighted by Crippen LogP contribution is 2.38. The average molecular weight is 450 g/mol. The highest BCUT2D eigenvalue weighted by Gasteiger charge is 2.60. The quantitative estimate of drug-likeness (QED) is 0.309. The summed E-state index contributed by atoms with van der Waals surface area (Å²) in [4.78, 5) is 24.8. The van der Waals surface area contributed by atoms with Gasteiger partial charge in [0.05, 0.1) is 12.3 Å². The van der Waals surface area contributed by atoms with Crippen molar-refractivity contribution in [2.45, 2.75) is 98.2 Å². The lowest BCUT2D eigenvalue weighted by molar-refractivity contribution is -0.314. The fourth-order valence-electron chi connectivity index (χ4n) is 3.00. The van der Waals surface area contributed by atoms with Gasteiger partial charge in [0.15, 0.2) is 0 Å². The number of carbonyl (C=O) groups excluding carboxylic acids is 2. The molecule has 0 aliphatic rings. The van der Waals surface area contributed by atoms with E-state index in [4.69, 9.17) is 4.74 Å². The van der Waals surface area contributed by atoms with E-state index in [-0.39, 0.29) is 18.8 Å². The Morgan fingerprint density at radius 2 is 1.30 bits per heavy atom. The zero-order chi connectivity index (χ0) is 24.1. The van der Waals surface area contributed by atoms with Gasteiger partial charge in [-0.05, 0) is 30.6 Å². The maximum atomic E-state index is 12.8. The second kappa shape index (κ2) is 10.2. The Bertz CT molecular complexity index is 557. The Hall–Kier alpha value is -1.48. The highest BCUT2D eigenvalue weighted by atomic mass is 19.4. The van der Waals surface area contributed by atoms with Gasteiger partial charge in [-0.3, -0.25) is 9.59 Å². The third kappa shape index (κ3) is 8.71. The average Bonchev–Trinajstić information content (AvgIpc) is 2.53. The van der Waals surface area contributed by atoms with Crippen LogP contribution in [0.5, 0.6) is 0 Å². The first-order valence-corrected chi connectivity index (χ1v) is 9.84. The fourth-order valence-corrected chi connectivity index (χ4v) is 3.00. The molecule has 0 aromatic heterocycles. The molecule has 0 amide bonds. The van der Waals surface area contributed by atoms with Crippen LogP contribution in [0.15, 0.2) is 0 Å². The first kappa shape index (κ1) is 28.5. The smallest absolute Gasteiger partial charge is 0.434 e. The van der Waals surface area contributed by atoms with Crippen LogP contribution in [0, 0.1) is 17.3 Å². The third-order valence-electron chi connectivity index (χ3n) is 4.95. The third-order valence-corrected chi connectivity index (χ3v) is 4.95. The molecule has 0 aliphatic heterocycles. The highest BCUT2D eigenvalue weighted by molar-refractivity contribution is 5.76. The summed E-state index contributed by atoms with van der Waals surface area (Å²) in [5.74, 6) is -2.80. The van der Waals surface area contributed by atoms with Crippen molar-refractivity contribution in [2.75, 3.05) is 0 Å². The lowest BCUT2D eigenvalue weighted by atomic mass is 9.76. The molecule has 0 aromatic carbocycles. The predicted octanol–water partition coefficient (Wildman–Crippen LogP) is 6.22. The van der Waals surface area contributed by atoms with Crippen molar-refractivity contribution in [3.05, 3.63) is 0 Å². The fraction of sp³-hybridized carbons (Fsp3) is 0.900. The molecule has 0 saturated carbocycles. The lowest BCUT2D eigenvalue weighted by Gasteiger charge is -2.36. The van der Waals surface area contributed by atoms with Crippen LogP contribution in [0.25, 0.3) is 0 Å². The molecule has 10 heteroatoms. The topological polar surface area (TPSA) is 52.6 Å². The van der Waals surface area contributed by atoms with Gasteiger partial charge in [-0.25, -0.2) is 0 Å². The molecule has 0 aliphatic carbocycles. The minimum absolute atomic E-state index is 0.0194. The van der Waals surface area contributed by atoms with Crippen LogP contribution in [0.1, 0.15) is 74.1 Å². The maximum Gasteiger partial charge on any atom is 0.434 e. The molecule has 0 aromatic rings. The Labute approximate surface area is 173 Å². The number of hydrogen-bond acceptors (Lipinski definition) is 4. The summed E-state index contributed by atoms with van der Waals surface area (Å²) < 4.78 is 85.2. The SMILES string of the molecule is CCC(CC)(CC(=O)OC(C(F)(F)F)C(F)(F)F)OC(=O)C(CC(C)C)C(C)(C)C. The van der Waals surface area contributed by atoms with Crippen LogP contribution >= 0.6 is 0 Å².